The Labute approximate surface area is 123 Å². The molecule has 0 spiro atoms. The number of carbonyl (C=O) groups is 1. The van der Waals surface area contributed by atoms with E-state index in [4.69, 9.17) is 4.74 Å². The predicted octanol–water partition coefficient (Wildman–Crippen LogP) is 3.20. The molecule has 2 N–H and O–H groups in total. The van der Waals surface area contributed by atoms with E-state index < -0.39 is 11.5 Å². The average molecular weight is 285 g/mol. The van der Waals surface area contributed by atoms with Gasteiger partial charge < -0.3 is 15.2 Å². The molecule has 1 rings (SSSR count). The quantitative estimate of drug-likeness (QED) is 0.639. The number of hydrogen-bond donors (Lipinski definition) is 2. The number of nitrogens with one attached hydrogen (secondary N) is 1. The maximum Gasteiger partial charge on any atom is 0.323 e. The molecule has 0 heterocycles. The summed E-state index contributed by atoms with van der Waals surface area (Å²) in [6, 6.07) is 0. The molecule has 3 unspecified atom stereocenters. The van der Waals surface area contributed by atoms with Crippen molar-refractivity contribution in [2.75, 3.05) is 13.2 Å². The van der Waals surface area contributed by atoms with E-state index in [9.17, 15) is 9.90 Å². The summed E-state index contributed by atoms with van der Waals surface area (Å²) in [4.78, 5) is 11.5. The number of hydrogen-bond acceptors (Lipinski definition) is 3. The molecule has 1 aliphatic rings. The Morgan fingerprint density at radius 3 is 2.70 bits per heavy atom. The minimum Gasteiger partial charge on any atom is -0.480 e. The van der Waals surface area contributed by atoms with Crippen LogP contribution in [0.1, 0.15) is 65.7 Å². The molecule has 0 radical (unpaired) electrons. The first-order valence-corrected chi connectivity index (χ1v) is 8.14. The van der Waals surface area contributed by atoms with Gasteiger partial charge in [0.05, 0.1) is 6.10 Å². The molecule has 4 heteroatoms. The molecular weight excluding hydrogens is 254 g/mol. The van der Waals surface area contributed by atoms with E-state index >= 15 is 0 Å². The summed E-state index contributed by atoms with van der Waals surface area (Å²) in [5.41, 5.74) is -0.780. The van der Waals surface area contributed by atoms with Crippen molar-refractivity contribution in [1.29, 1.82) is 0 Å². The zero-order valence-corrected chi connectivity index (χ0v) is 13.3. The highest BCUT2D eigenvalue weighted by atomic mass is 16.5. The molecule has 1 fully saturated rings. The Kier molecular flexibility index (Phi) is 7.52. The van der Waals surface area contributed by atoms with Gasteiger partial charge in [-0.05, 0) is 44.6 Å². The number of carboxylic acids is 1. The van der Waals surface area contributed by atoms with Gasteiger partial charge in [0.15, 0.2) is 0 Å². The molecule has 0 aromatic rings. The largest absolute Gasteiger partial charge is 0.480 e. The Morgan fingerprint density at radius 1 is 1.40 bits per heavy atom. The van der Waals surface area contributed by atoms with Crippen LogP contribution in [0.15, 0.2) is 0 Å². The van der Waals surface area contributed by atoms with Crippen LogP contribution < -0.4 is 5.32 Å². The molecule has 0 aromatic carbocycles. The fraction of sp³-hybridized carbons (Fsp3) is 0.938. The number of rotatable bonds is 9. The van der Waals surface area contributed by atoms with Crippen molar-refractivity contribution in [3.8, 4) is 0 Å². The summed E-state index contributed by atoms with van der Waals surface area (Å²) < 4.78 is 5.93. The van der Waals surface area contributed by atoms with Gasteiger partial charge in [-0.15, -0.1) is 0 Å². The van der Waals surface area contributed by atoms with E-state index in [1.54, 1.807) is 0 Å². The molecule has 0 aromatic heterocycles. The number of likely N-dealkylation sites (N-methyl/N-ethyl adjacent to an activating group) is 1. The van der Waals surface area contributed by atoms with Crippen LogP contribution in [0, 0.1) is 5.92 Å². The summed E-state index contributed by atoms with van der Waals surface area (Å²) in [5, 5.41) is 12.6. The van der Waals surface area contributed by atoms with E-state index in [2.05, 4.69) is 12.2 Å². The molecule has 0 bridgehead atoms. The van der Waals surface area contributed by atoms with Gasteiger partial charge in [-0.1, -0.05) is 33.6 Å². The highest BCUT2D eigenvalue weighted by Gasteiger charge is 2.35. The average Bonchev–Trinajstić information content (AvgIpc) is 2.42. The van der Waals surface area contributed by atoms with E-state index in [1.807, 2.05) is 13.8 Å². The first kappa shape index (κ1) is 17.4. The van der Waals surface area contributed by atoms with Crippen LogP contribution >= 0.6 is 0 Å². The SMILES string of the molecule is CCNC(CC)(CCCOC1CCCC(C)C1)C(=O)O. The summed E-state index contributed by atoms with van der Waals surface area (Å²) in [6.45, 7) is 7.53. The van der Waals surface area contributed by atoms with Crippen molar-refractivity contribution in [3.05, 3.63) is 0 Å². The number of ether oxygens (including phenoxy) is 1. The van der Waals surface area contributed by atoms with E-state index in [1.165, 1.54) is 12.8 Å². The second-order valence-corrected chi connectivity index (χ2v) is 6.14. The minimum atomic E-state index is -0.780. The Hall–Kier alpha value is -0.610. The van der Waals surface area contributed by atoms with Crippen LogP contribution in [0.4, 0.5) is 0 Å². The van der Waals surface area contributed by atoms with Crippen LogP contribution in [0.25, 0.3) is 0 Å². The molecule has 0 amide bonds. The fourth-order valence-corrected chi connectivity index (χ4v) is 3.22. The maximum atomic E-state index is 11.5. The second kappa shape index (κ2) is 8.63. The van der Waals surface area contributed by atoms with Gasteiger partial charge in [0.1, 0.15) is 5.54 Å². The van der Waals surface area contributed by atoms with Gasteiger partial charge in [-0.2, -0.15) is 0 Å². The van der Waals surface area contributed by atoms with Crippen molar-refractivity contribution in [2.24, 2.45) is 5.92 Å². The minimum absolute atomic E-state index is 0.388. The van der Waals surface area contributed by atoms with Crippen molar-refractivity contribution in [1.82, 2.24) is 5.32 Å². The van der Waals surface area contributed by atoms with Gasteiger partial charge in [-0.3, -0.25) is 4.79 Å². The molecule has 1 aliphatic carbocycles. The van der Waals surface area contributed by atoms with Crippen LogP contribution in [0.5, 0.6) is 0 Å². The third-order valence-electron chi connectivity index (χ3n) is 4.52. The van der Waals surface area contributed by atoms with Gasteiger partial charge in [0, 0.05) is 6.61 Å². The highest BCUT2D eigenvalue weighted by Crippen LogP contribution is 2.26. The van der Waals surface area contributed by atoms with E-state index in [-0.39, 0.29) is 0 Å². The second-order valence-electron chi connectivity index (χ2n) is 6.14. The Balaban J connectivity index is 2.31. The van der Waals surface area contributed by atoms with Crippen LogP contribution in [0.3, 0.4) is 0 Å². The lowest BCUT2D eigenvalue weighted by Gasteiger charge is -2.30. The lowest BCUT2D eigenvalue weighted by molar-refractivity contribution is -0.145. The Morgan fingerprint density at radius 2 is 2.15 bits per heavy atom. The van der Waals surface area contributed by atoms with Crippen molar-refractivity contribution < 1.29 is 14.6 Å². The monoisotopic (exact) mass is 285 g/mol. The molecule has 0 aliphatic heterocycles. The molecular formula is C16H31NO3. The standard InChI is InChI=1S/C16H31NO3/c1-4-16(15(18)19,17-5-2)10-7-11-20-14-9-6-8-13(3)12-14/h13-14,17H,4-12H2,1-3H3,(H,18,19). The van der Waals surface area contributed by atoms with Crippen LogP contribution in [0.2, 0.25) is 0 Å². The summed E-state index contributed by atoms with van der Waals surface area (Å²) >= 11 is 0. The first-order valence-electron chi connectivity index (χ1n) is 8.14. The van der Waals surface area contributed by atoms with Gasteiger partial charge in [0.2, 0.25) is 0 Å². The van der Waals surface area contributed by atoms with E-state index in [0.717, 1.165) is 25.2 Å². The molecule has 118 valence electrons. The van der Waals surface area contributed by atoms with E-state index in [0.29, 0.717) is 32.1 Å². The fourth-order valence-electron chi connectivity index (χ4n) is 3.22. The normalized spacial score (nSPS) is 26.1. The number of aliphatic carboxylic acids is 1. The number of carboxylic acid groups (broad SMARTS) is 1. The van der Waals surface area contributed by atoms with Gasteiger partial charge in [0.25, 0.3) is 0 Å². The van der Waals surface area contributed by atoms with Crippen molar-refractivity contribution >= 4 is 5.97 Å². The lowest BCUT2D eigenvalue weighted by Crippen LogP contribution is -2.51. The molecule has 1 saturated carbocycles. The van der Waals surface area contributed by atoms with Gasteiger partial charge >= 0.3 is 5.97 Å². The van der Waals surface area contributed by atoms with Crippen LogP contribution in [-0.4, -0.2) is 35.9 Å². The molecule has 20 heavy (non-hydrogen) atoms. The van der Waals surface area contributed by atoms with Gasteiger partial charge in [-0.25, -0.2) is 0 Å². The predicted molar refractivity (Wildman–Crippen MR) is 80.9 cm³/mol. The first-order chi connectivity index (χ1) is 9.54. The lowest BCUT2D eigenvalue weighted by atomic mass is 9.88. The third kappa shape index (κ3) is 5.06. The smallest absolute Gasteiger partial charge is 0.323 e. The zero-order chi connectivity index (χ0) is 15.0. The van der Waals surface area contributed by atoms with Crippen LogP contribution in [-0.2, 0) is 9.53 Å². The summed E-state index contributed by atoms with van der Waals surface area (Å²) in [7, 11) is 0. The Bertz CT molecular complexity index is 295. The molecule has 0 saturated heterocycles. The summed E-state index contributed by atoms with van der Waals surface area (Å²) in [5.74, 6) is 0.0254. The van der Waals surface area contributed by atoms with Crippen molar-refractivity contribution in [2.45, 2.75) is 77.4 Å². The third-order valence-corrected chi connectivity index (χ3v) is 4.52. The topological polar surface area (TPSA) is 58.6 Å². The van der Waals surface area contributed by atoms with Crippen molar-refractivity contribution in [3.63, 3.8) is 0 Å². The summed E-state index contributed by atoms with van der Waals surface area (Å²) in [6.07, 6.45) is 7.33. The molecule has 3 atom stereocenters. The molecule has 4 nitrogen and oxygen atoms in total. The maximum absolute atomic E-state index is 11.5. The zero-order valence-electron chi connectivity index (χ0n) is 13.3. The highest BCUT2D eigenvalue weighted by molar-refractivity contribution is 5.78.